The third-order valence-electron chi connectivity index (χ3n) is 12.0. The molecule has 0 aliphatic heterocycles. The number of nitrogens with zero attached hydrogens (tertiary/aromatic N) is 2. The molecule has 2 nitrogen and oxygen atoms in total. The molecule has 11 rings (SSSR count). The quantitative estimate of drug-likeness (QED) is 0.156. The highest BCUT2D eigenvalue weighted by atomic mass is 15.2. The van der Waals surface area contributed by atoms with E-state index < -0.39 is 0 Å². The van der Waals surface area contributed by atoms with Crippen LogP contribution in [-0.2, 0) is 0 Å². The Kier molecular flexibility index (Phi) is 7.81. The first-order valence-electron chi connectivity index (χ1n) is 19.8. The summed E-state index contributed by atoms with van der Waals surface area (Å²) in [5.41, 5.74) is 9.95. The zero-order chi connectivity index (χ0) is 37.0. The van der Waals surface area contributed by atoms with Gasteiger partial charge < -0.3 is 9.47 Å². The highest BCUT2D eigenvalue weighted by molar-refractivity contribution is 6.23. The fourth-order valence-electron chi connectivity index (χ4n) is 9.43. The highest BCUT2D eigenvalue weighted by Gasteiger charge is 2.26. The number of benzene rings is 8. The minimum atomic E-state index is 0.0777. The summed E-state index contributed by atoms with van der Waals surface area (Å²) in [5.74, 6) is 0. The molecule has 1 heterocycles. The molecule has 9 aromatic rings. The minimum absolute atomic E-state index is 0.0777. The molecule has 2 aliphatic carbocycles. The average Bonchev–Trinajstić information content (AvgIpc) is 3.63. The summed E-state index contributed by atoms with van der Waals surface area (Å²) in [6, 6.07) is 60.7. The van der Waals surface area contributed by atoms with E-state index in [4.69, 9.17) is 0 Å². The largest absolute Gasteiger partial charge is 0.334 e. The minimum Gasteiger partial charge on any atom is -0.334 e. The molecule has 0 radical (unpaired) electrons. The molecule has 0 saturated heterocycles. The third-order valence-corrected chi connectivity index (χ3v) is 12.0. The van der Waals surface area contributed by atoms with Gasteiger partial charge in [0.1, 0.15) is 0 Å². The summed E-state index contributed by atoms with van der Waals surface area (Å²) in [7, 11) is 0. The molecule has 2 unspecified atom stereocenters. The van der Waals surface area contributed by atoms with Crippen molar-refractivity contribution in [3.63, 3.8) is 0 Å². The molecule has 2 aliphatic rings. The smallest absolute Gasteiger partial charge is 0.0566 e. The second-order valence-electron chi connectivity index (χ2n) is 15.1. The second kappa shape index (κ2) is 13.4. The van der Waals surface area contributed by atoms with Crippen molar-refractivity contribution >= 4 is 71.1 Å². The Balaban J connectivity index is 1.13. The van der Waals surface area contributed by atoms with Crippen molar-refractivity contribution in [3.8, 4) is 11.1 Å². The molecule has 1 aromatic heterocycles. The summed E-state index contributed by atoms with van der Waals surface area (Å²) in [6.45, 7) is 0. The molecule has 0 amide bonds. The predicted octanol–water partition coefficient (Wildman–Crippen LogP) is 14.5. The van der Waals surface area contributed by atoms with Crippen molar-refractivity contribution in [1.29, 1.82) is 0 Å². The molecule has 8 aromatic carbocycles. The van der Waals surface area contributed by atoms with Crippen LogP contribution in [0.4, 0.5) is 11.4 Å². The average molecular weight is 717 g/mol. The van der Waals surface area contributed by atoms with E-state index in [1.165, 1.54) is 87.8 Å². The van der Waals surface area contributed by atoms with Gasteiger partial charge in [-0.3, -0.25) is 0 Å². The lowest BCUT2D eigenvalue weighted by molar-refractivity contribution is 0.648. The highest BCUT2D eigenvalue weighted by Crippen LogP contribution is 2.45. The Morgan fingerprint density at radius 3 is 2.04 bits per heavy atom. The lowest BCUT2D eigenvalue weighted by Crippen LogP contribution is -2.30. The first-order chi connectivity index (χ1) is 27.8. The molecular formula is C54H40N2. The van der Waals surface area contributed by atoms with Crippen LogP contribution >= 0.6 is 0 Å². The molecule has 0 fully saturated rings. The normalized spacial score (nSPS) is 16.7. The summed E-state index contributed by atoms with van der Waals surface area (Å²) >= 11 is 0. The van der Waals surface area contributed by atoms with Crippen LogP contribution in [-0.4, -0.2) is 10.6 Å². The lowest BCUT2D eigenvalue weighted by atomic mass is 9.91. The van der Waals surface area contributed by atoms with E-state index in [0.29, 0.717) is 0 Å². The Morgan fingerprint density at radius 1 is 0.500 bits per heavy atom. The monoisotopic (exact) mass is 716 g/mol. The van der Waals surface area contributed by atoms with Gasteiger partial charge in [0.2, 0.25) is 0 Å². The maximum atomic E-state index is 2.59. The summed E-state index contributed by atoms with van der Waals surface area (Å²) in [5, 5.41) is 10.3. The number of allylic oxidation sites excluding steroid dienone is 6. The van der Waals surface area contributed by atoms with Gasteiger partial charge in [-0.15, -0.1) is 0 Å². The van der Waals surface area contributed by atoms with E-state index in [0.717, 1.165) is 12.8 Å². The molecule has 2 atom stereocenters. The van der Waals surface area contributed by atoms with Gasteiger partial charge in [0, 0.05) is 21.8 Å². The van der Waals surface area contributed by atoms with E-state index in [1.54, 1.807) is 0 Å². The first-order valence-corrected chi connectivity index (χ1v) is 19.8. The molecule has 0 saturated carbocycles. The van der Waals surface area contributed by atoms with Gasteiger partial charge in [-0.05, 0) is 92.4 Å². The van der Waals surface area contributed by atoms with Gasteiger partial charge in [-0.1, -0.05) is 176 Å². The molecule has 0 bridgehead atoms. The topological polar surface area (TPSA) is 8.17 Å². The van der Waals surface area contributed by atoms with Gasteiger partial charge in [0.05, 0.1) is 28.8 Å². The second-order valence-corrected chi connectivity index (χ2v) is 15.1. The fourth-order valence-corrected chi connectivity index (χ4v) is 9.43. The van der Waals surface area contributed by atoms with Crippen molar-refractivity contribution < 1.29 is 0 Å². The van der Waals surface area contributed by atoms with Gasteiger partial charge >= 0.3 is 0 Å². The Labute approximate surface area is 327 Å². The SMILES string of the molecule is C1=CCC(n2c3cccc(C4=CC(N(c5ccc(-c6ccccc6)cc5)c5cc6ccccc6c6ccccc56)CC=C4)c3c3c4ccccc4ccc32)C=C1. The molecule has 2 heteroatoms. The zero-order valence-electron chi connectivity index (χ0n) is 31.1. The van der Waals surface area contributed by atoms with Gasteiger partial charge in [-0.25, -0.2) is 0 Å². The van der Waals surface area contributed by atoms with Crippen LogP contribution in [0.25, 0.3) is 70.8 Å². The van der Waals surface area contributed by atoms with Crippen LogP contribution in [0.5, 0.6) is 0 Å². The van der Waals surface area contributed by atoms with Crippen LogP contribution in [0.3, 0.4) is 0 Å². The van der Waals surface area contributed by atoms with Crippen LogP contribution in [0.2, 0.25) is 0 Å². The maximum absolute atomic E-state index is 2.59. The van der Waals surface area contributed by atoms with Gasteiger partial charge in [0.15, 0.2) is 0 Å². The van der Waals surface area contributed by atoms with E-state index in [-0.39, 0.29) is 12.1 Å². The van der Waals surface area contributed by atoms with E-state index >= 15 is 0 Å². The summed E-state index contributed by atoms with van der Waals surface area (Å²) in [6.07, 6.45) is 18.2. The van der Waals surface area contributed by atoms with E-state index in [2.05, 4.69) is 216 Å². The van der Waals surface area contributed by atoms with Gasteiger partial charge in [0.25, 0.3) is 0 Å². The zero-order valence-corrected chi connectivity index (χ0v) is 31.1. The van der Waals surface area contributed by atoms with Crippen LogP contribution in [0.1, 0.15) is 24.4 Å². The summed E-state index contributed by atoms with van der Waals surface area (Å²) < 4.78 is 2.58. The molecule has 0 spiro atoms. The van der Waals surface area contributed by atoms with Gasteiger partial charge in [-0.2, -0.15) is 0 Å². The van der Waals surface area contributed by atoms with Crippen molar-refractivity contribution in [2.75, 3.05) is 4.90 Å². The number of hydrogen-bond donors (Lipinski definition) is 0. The first kappa shape index (κ1) is 32.5. The maximum Gasteiger partial charge on any atom is 0.0566 e. The van der Waals surface area contributed by atoms with Crippen LogP contribution in [0, 0.1) is 0 Å². The number of fused-ring (bicyclic) bond motifs is 8. The fraction of sp³-hybridized carbons (Fsp3) is 0.0741. The van der Waals surface area contributed by atoms with Crippen molar-refractivity contribution in [3.05, 3.63) is 212 Å². The molecule has 56 heavy (non-hydrogen) atoms. The van der Waals surface area contributed by atoms with E-state index in [9.17, 15) is 0 Å². The number of aromatic nitrogens is 1. The third kappa shape index (κ3) is 5.33. The number of anilines is 2. The number of hydrogen-bond acceptors (Lipinski definition) is 1. The van der Waals surface area contributed by atoms with Crippen molar-refractivity contribution in [1.82, 2.24) is 4.57 Å². The molecule has 0 N–H and O–H groups in total. The Bertz CT molecular complexity index is 3080. The lowest BCUT2D eigenvalue weighted by Gasteiger charge is -2.35. The van der Waals surface area contributed by atoms with Crippen molar-refractivity contribution in [2.45, 2.75) is 24.9 Å². The predicted molar refractivity (Wildman–Crippen MR) is 240 cm³/mol. The Morgan fingerprint density at radius 2 is 1.21 bits per heavy atom. The van der Waals surface area contributed by atoms with Crippen molar-refractivity contribution in [2.24, 2.45) is 0 Å². The standard InChI is InChI=1S/C54H40N2/c1-3-15-37(16-4-1)38-29-32-43(33-30-38)55(52-36-41-18-8-9-23-45(41)48-25-11-12-26-49(48)52)44-22-13-19-40(35-44)47-27-14-28-50-54(47)53-46-24-10-7-17-39(46)31-34-51(53)56(50)42-20-5-2-6-21-42/h1-20,23-36,42,44H,21-22H2. The van der Waals surface area contributed by atoms with Crippen LogP contribution in [0.15, 0.2) is 206 Å². The molecule has 266 valence electrons. The summed E-state index contributed by atoms with van der Waals surface area (Å²) in [4.78, 5) is 2.59. The van der Waals surface area contributed by atoms with E-state index in [1.807, 2.05) is 0 Å². The number of rotatable bonds is 6. The Hall–Kier alpha value is -6.90. The van der Waals surface area contributed by atoms with Crippen LogP contribution < -0.4 is 4.90 Å². The molecular weight excluding hydrogens is 677 g/mol.